The Labute approximate surface area is 353 Å². The van der Waals surface area contributed by atoms with Crippen molar-refractivity contribution >= 4 is 11.9 Å². The molecule has 1 atom stereocenters. The van der Waals surface area contributed by atoms with Gasteiger partial charge in [-0.05, 0) is 77.0 Å². The van der Waals surface area contributed by atoms with Crippen LogP contribution in [-0.4, -0.2) is 36.4 Å². The van der Waals surface area contributed by atoms with Crippen LogP contribution in [0.3, 0.4) is 0 Å². The molecule has 0 aromatic heterocycles. The number of aliphatic hydroxyl groups excluding tert-OH is 1. The SMILES string of the molecule is CC/C=C\C/C=C\C/C=C\C/C=C\CCCCCCCCCCCCCCC(=O)OC(CO)COC(=O)CCCCCCCCC/C=C\CCCCCCCCC. The Balaban J connectivity index is 3.51. The zero-order chi connectivity index (χ0) is 41.4. The number of carbonyl (C=O) groups is 2. The number of rotatable bonds is 44. The molecule has 0 spiro atoms. The lowest BCUT2D eigenvalue weighted by molar-refractivity contribution is -0.161. The highest BCUT2D eigenvalue weighted by Crippen LogP contribution is 2.15. The third kappa shape index (κ3) is 46.2. The molecule has 0 aliphatic heterocycles. The van der Waals surface area contributed by atoms with E-state index in [1.165, 1.54) is 148 Å². The monoisotopic (exact) mass is 797 g/mol. The van der Waals surface area contributed by atoms with E-state index in [1.54, 1.807) is 0 Å². The van der Waals surface area contributed by atoms with Crippen molar-refractivity contribution in [2.45, 2.75) is 245 Å². The van der Waals surface area contributed by atoms with Crippen molar-refractivity contribution < 1.29 is 24.2 Å². The first-order chi connectivity index (χ1) is 28.1. The van der Waals surface area contributed by atoms with Gasteiger partial charge in [0.15, 0.2) is 6.10 Å². The smallest absolute Gasteiger partial charge is 0.306 e. The summed E-state index contributed by atoms with van der Waals surface area (Å²) in [6, 6.07) is 0. The number of esters is 2. The van der Waals surface area contributed by atoms with Gasteiger partial charge in [0.2, 0.25) is 0 Å². The fourth-order valence-electron chi connectivity index (χ4n) is 6.89. The highest BCUT2D eigenvalue weighted by molar-refractivity contribution is 5.70. The largest absolute Gasteiger partial charge is 0.462 e. The first kappa shape index (κ1) is 54.6. The number of ether oxygens (including phenoxy) is 2. The van der Waals surface area contributed by atoms with Crippen LogP contribution >= 0.6 is 0 Å². The average Bonchev–Trinajstić information content (AvgIpc) is 3.21. The summed E-state index contributed by atoms with van der Waals surface area (Å²) >= 11 is 0. The molecular weight excluding hydrogens is 705 g/mol. The Hall–Kier alpha value is -2.40. The minimum Gasteiger partial charge on any atom is -0.462 e. The van der Waals surface area contributed by atoms with Gasteiger partial charge in [0.25, 0.3) is 0 Å². The normalized spacial score (nSPS) is 12.7. The van der Waals surface area contributed by atoms with Crippen LogP contribution in [0, 0.1) is 0 Å². The van der Waals surface area contributed by atoms with Crippen LogP contribution in [0.4, 0.5) is 0 Å². The third-order valence-electron chi connectivity index (χ3n) is 10.5. The Kier molecular flexibility index (Phi) is 46.0. The van der Waals surface area contributed by atoms with E-state index in [0.29, 0.717) is 12.8 Å². The zero-order valence-corrected chi connectivity index (χ0v) is 37.6. The number of hydrogen-bond acceptors (Lipinski definition) is 5. The highest BCUT2D eigenvalue weighted by atomic mass is 16.6. The number of carbonyl (C=O) groups excluding carboxylic acids is 2. The summed E-state index contributed by atoms with van der Waals surface area (Å²) in [5.41, 5.74) is 0. The number of unbranched alkanes of at least 4 members (excludes halogenated alkanes) is 26. The lowest BCUT2D eigenvalue weighted by Gasteiger charge is -2.15. The van der Waals surface area contributed by atoms with Crippen molar-refractivity contribution in [1.82, 2.24) is 0 Å². The fourth-order valence-corrected chi connectivity index (χ4v) is 6.89. The molecule has 0 saturated heterocycles. The van der Waals surface area contributed by atoms with Crippen LogP contribution in [-0.2, 0) is 19.1 Å². The second-order valence-electron chi connectivity index (χ2n) is 16.2. The maximum atomic E-state index is 12.3. The molecule has 0 radical (unpaired) electrons. The number of allylic oxidation sites excluding steroid dienone is 10. The van der Waals surface area contributed by atoms with Gasteiger partial charge >= 0.3 is 11.9 Å². The summed E-state index contributed by atoms with van der Waals surface area (Å²) in [5, 5.41) is 9.61. The van der Waals surface area contributed by atoms with Crippen LogP contribution in [0.1, 0.15) is 239 Å². The highest BCUT2D eigenvalue weighted by Gasteiger charge is 2.16. The summed E-state index contributed by atoms with van der Waals surface area (Å²) in [4.78, 5) is 24.4. The maximum Gasteiger partial charge on any atom is 0.306 e. The molecule has 57 heavy (non-hydrogen) atoms. The Bertz CT molecular complexity index is 992. The first-order valence-electron chi connectivity index (χ1n) is 24.3. The molecule has 1 unspecified atom stereocenters. The second kappa shape index (κ2) is 48.0. The van der Waals surface area contributed by atoms with Crippen LogP contribution < -0.4 is 0 Å². The quantitative estimate of drug-likeness (QED) is 0.0378. The maximum absolute atomic E-state index is 12.3. The van der Waals surface area contributed by atoms with E-state index < -0.39 is 6.10 Å². The standard InChI is InChI=1S/C52H92O5/c1-3-5-7-9-11-13-15-17-19-21-23-24-25-26-27-28-29-31-33-35-37-39-41-43-45-47-52(55)57-50(48-53)49-56-51(54)46-44-42-40-38-36-34-32-30-22-20-18-16-14-12-10-8-6-4-2/h5,7,11,13,17,19-20,22-24,50,53H,3-4,6,8-10,12,14-16,18,21,25-49H2,1-2H3/b7-5-,13-11-,19-17-,22-20-,24-23-. The summed E-state index contributed by atoms with van der Waals surface area (Å²) in [5.74, 6) is -0.593. The van der Waals surface area contributed by atoms with E-state index in [2.05, 4.69) is 74.6 Å². The predicted molar refractivity (Wildman–Crippen MR) is 247 cm³/mol. The Morgan fingerprint density at radius 1 is 0.421 bits per heavy atom. The van der Waals surface area contributed by atoms with E-state index in [-0.39, 0.29) is 25.2 Å². The summed E-state index contributed by atoms with van der Waals surface area (Å²) in [6.07, 6.45) is 63.0. The second-order valence-corrected chi connectivity index (χ2v) is 16.2. The average molecular weight is 797 g/mol. The van der Waals surface area contributed by atoms with Crippen molar-refractivity contribution in [3.63, 3.8) is 0 Å². The van der Waals surface area contributed by atoms with E-state index >= 15 is 0 Å². The molecule has 0 aliphatic rings. The van der Waals surface area contributed by atoms with Crippen molar-refractivity contribution in [2.24, 2.45) is 0 Å². The van der Waals surface area contributed by atoms with E-state index in [9.17, 15) is 14.7 Å². The summed E-state index contributed by atoms with van der Waals surface area (Å²) in [6.45, 7) is 4.04. The van der Waals surface area contributed by atoms with Crippen molar-refractivity contribution in [2.75, 3.05) is 13.2 Å². The van der Waals surface area contributed by atoms with Crippen LogP contribution in [0.25, 0.3) is 0 Å². The molecule has 330 valence electrons. The van der Waals surface area contributed by atoms with Crippen LogP contribution in [0.2, 0.25) is 0 Å². The zero-order valence-electron chi connectivity index (χ0n) is 37.6. The first-order valence-corrected chi connectivity index (χ1v) is 24.3. The lowest BCUT2D eigenvalue weighted by atomic mass is 10.0. The molecule has 0 aliphatic carbocycles. The molecule has 0 bridgehead atoms. The molecular formula is C52H92O5. The van der Waals surface area contributed by atoms with Crippen LogP contribution in [0.5, 0.6) is 0 Å². The van der Waals surface area contributed by atoms with Gasteiger partial charge < -0.3 is 14.6 Å². The van der Waals surface area contributed by atoms with Gasteiger partial charge in [-0.3, -0.25) is 9.59 Å². The van der Waals surface area contributed by atoms with Gasteiger partial charge in [-0.15, -0.1) is 0 Å². The predicted octanol–water partition coefficient (Wildman–Crippen LogP) is 15.9. The van der Waals surface area contributed by atoms with Crippen molar-refractivity contribution in [3.8, 4) is 0 Å². The molecule has 5 nitrogen and oxygen atoms in total. The number of aliphatic hydroxyl groups is 1. The lowest BCUT2D eigenvalue weighted by Crippen LogP contribution is -2.28. The van der Waals surface area contributed by atoms with Gasteiger partial charge in [0.1, 0.15) is 6.61 Å². The van der Waals surface area contributed by atoms with E-state index in [4.69, 9.17) is 9.47 Å². The molecule has 0 heterocycles. The van der Waals surface area contributed by atoms with Crippen molar-refractivity contribution in [3.05, 3.63) is 60.8 Å². The molecule has 5 heteroatoms. The van der Waals surface area contributed by atoms with E-state index in [0.717, 1.165) is 64.2 Å². The molecule has 1 N–H and O–H groups in total. The Morgan fingerprint density at radius 2 is 0.754 bits per heavy atom. The molecule has 0 aromatic carbocycles. The topological polar surface area (TPSA) is 72.8 Å². The van der Waals surface area contributed by atoms with Gasteiger partial charge in [0.05, 0.1) is 6.61 Å². The van der Waals surface area contributed by atoms with E-state index in [1.807, 2.05) is 0 Å². The fraction of sp³-hybridized carbons (Fsp3) is 0.769. The molecule has 0 rings (SSSR count). The van der Waals surface area contributed by atoms with Gasteiger partial charge in [0, 0.05) is 12.8 Å². The molecule has 0 fully saturated rings. The molecule has 0 aromatic rings. The third-order valence-corrected chi connectivity index (χ3v) is 10.5. The minimum absolute atomic E-state index is 0.0689. The summed E-state index contributed by atoms with van der Waals surface area (Å²) < 4.78 is 10.7. The van der Waals surface area contributed by atoms with Crippen LogP contribution in [0.15, 0.2) is 60.8 Å². The summed E-state index contributed by atoms with van der Waals surface area (Å²) in [7, 11) is 0. The molecule has 0 amide bonds. The number of hydrogen-bond donors (Lipinski definition) is 1. The van der Waals surface area contributed by atoms with Gasteiger partial charge in [-0.25, -0.2) is 0 Å². The molecule has 0 saturated carbocycles. The van der Waals surface area contributed by atoms with Gasteiger partial charge in [-0.2, -0.15) is 0 Å². The minimum atomic E-state index is -0.776. The van der Waals surface area contributed by atoms with Gasteiger partial charge in [-0.1, -0.05) is 209 Å². The Morgan fingerprint density at radius 3 is 1.16 bits per heavy atom. The van der Waals surface area contributed by atoms with Crippen molar-refractivity contribution in [1.29, 1.82) is 0 Å².